The van der Waals surface area contributed by atoms with Crippen LogP contribution in [0.1, 0.15) is 40.7 Å². The Labute approximate surface area is 150 Å². The SMILES string of the molecule is Cc1occc1C(=O)N1CCn2c(COc3ccccn3)nnc2C1C. The van der Waals surface area contributed by atoms with E-state index in [9.17, 15) is 4.79 Å². The first kappa shape index (κ1) is 16.3. The van der Waals surface area contributed by atoms with Crippen molar-refractivity contribution in [3.8, 4) is 5.88 Å². The molecule has 1 aliphatic heterocycles. The summed E-state index contributed by atoms with van der Waals surface area (Å²) in [4.78, 5) is 18.7. The number of amides is 1. The van der Waals surface area contributed by atoms with Crippen molar-refractivity contribution in [2.75, 3.05) is 6.54 Å². The molecule has 0 radical (unpaired) electrons. The Bertz CT molecular complexity index is 918. The van der Waals surface area contributed by atoms with Gasteiger partial charge in [-0.1, -0.05) is 6.07 Å². The van der Waals surface area contributed by atoms with Crippen LogP contribution in [-0.4, -0.2) is 37.1 Å². The van der Waals surface area contributed by atoms with Crippen LogP contribution in [0, 0.1) is 6.92 Å². The lowest BCUT2D eigenvalue weighted by Gasteiger charge is -2.33. The predicted molar refractivity (Wildman–Crippen MR) is 91.5 cm³/mol. The number of aryl methyl sites for hydroxylation is 1. The average molecular weight is 353 g/mol. The van der Waals surface area contributed by atoms with E-state index in [1.165, 1.54) is 6.26 Å². The molecule has 1 atom stereocenters. The predicted octanol–water partition coefficient (Wildman–Crippen LogP) is 2.37. The van der Waals surface area contributed by atoms with E-state index in [0.29, 0.717) is 30.3 Å². The molecule has 4 heterocycles. The summed E-state index contributed by atoms with van der Waals surface area (Å²) in [6.07, 6.45) is 3.21. The maximum atomic E-state index is 12.8. The van der Waals surface area contributed by atoms with Crippen LogP contribution in [0.5, 0.6) is 5.88 Å². The number of rotatable bonds is 4. The number of carbonyl (C=O) groups excluding carboxylic acids is 1. The Hall–Kier alpha value is -3.16. The van der Waals surface area contributed by atoms with Crippen molar-refractivity contribution in [1.29, 1.82) is 0 Å². The standard InChI is InChI=1S/C18H19N5O3/c1-12-17-21-20-15(11-26-16-5-3-4-7-19-16)23(17)9-8-22(12)18(24)14-6-10-25-13(14)2/h3-7,10,12H,8-9,11H2,1-2H3. The van der Waals surface area contributed by atoms with Gasteiger partial charge in [0.25, 0.3) is 5.91 Å². The van der Waals surface area contributed by atoms with Gasteiger partial charge in [-0.15, -0.1) is 10.2 Å². The summed E-state index contributed by atoms with van der Waals surface area (Å²) in [5, 5.41) is 8.52. The first-order valence-electron chi connectivity index (χ1n) is 8.46. The molecular formula is C18H19N5O3. The monoisotopic (exact) mass is 353 g/mol. The van der Waals surface area contributed by atoms with Crippen LogP contribution in [0.3, 0.4) is 0 Å². The molecule has 134 valence electrons. The Morgan fingerprint density at radius 2 is 2.19 bits per heavy atom. The first-order chi connectivity index (χ1) is 12.6. The van der Waals surface area contributed by atoms with Gasteiger partial charge in [-0.2, -0.15) is 0 Å². The van der Waals surface area contributed by atoms with Crippen LogP contribution in [-0.2, 0) is 13.2 Å². The van der Waals surface area contributed by atoms with Crippen LogP contribution >= 0.6 is 0 Å². The summed E-state index contributed by atoms with van der Waals surface area (Å²) in [6.45, 7) is 5.22. The van der Waals surface area contributed by atoms with Crippen LogP contribution in [0.15, 0.2) is 41.1 Å². The highest BCUT2D eigenvalue weighted by Gasteiger charge is 2.32. The van der Waals surface area contributed by atoms with Crippen molar-refractivity contribution in [2.24, 2.45) is 0 Å². The normalized spacial score (nSPS) is 16.4. The number of nitrogens with zero attached hydrogens (tertiary/aromatic N) is 5. The van der Waals surface area contributed by atoms with Gasteiger partial charge in [0.05, 0.1) is 17.9 Å². The second-order valence-electron chi connectivity index (χ2n) is 6.15. The quantitative estimate of drug-likeness (QED) is 0.716. The van der Waals surface area contributed by atoms with E-state index in [1.54, 1.807) is 30.2 Å². The number of fused-ring (bicyclic) bond motifs is 1. The maximum Gasteiger partial charge on any atom is 0.258 e. The molecule has 3 aromatic heterocycles. The Morgan fingerprint density at radius 1 is 1.31 bits per heavy atom. The average Bonchev–Trinajstić information content (AvgIpc) is 3.27. The molecule has 0 aliphatic carbocycles. The molecule has 0 saturated carbocycles. The minimum atomic E-state index is -0.179. The van der Waals surface area contributed by atoms with Crippen molar-refractivity contribution in [1.82, 2.24) is 24.6 Å². The summed E-state index contributed by atoms with van der Waals surface area (Å²) in [7, 11) is 0. The minimum absolute atomic E-state index is 0.0516. The smallest absolute Gasteiger partial charge is 0.258 e. The molecular weight excluding hydrogens is 334 g/mol. The topological polar surface area (TPSA) is 86.3 Å². The van der Waals surface area contributed by atoms with E-state index in [0.717, 1.165) is 11.6 Å². The summed E-state index contributed by atoms with van der Waals surface area (Å²) in [5.74, 6) is 2.60. The first-order valence-corrected chi connectivity index (χ1v) is 8.46. The molecule has 0 spiro atoms. The van der Waals surface area contributed by atoms with E-state index in [2.05, 4.69) is 15.2 Å². The van der Waals surface area contributed by atoms with E-state index < -0.39 is 0 Å². The summed E-state index contributed by atoms with van der Waals surface area (Å²) in [6, 6.07) is 7.02. The van der Waals surface area contributed by atoms with Gasteiger partial charge in [0, 0.05) is 25.4 Å². The molecule has 0 aromatic carbocycles. The Kier molecular flexibility index (Phi) is 4.16. The molecule has 4 rings (SSSR count). The van der Waals surface area contributed by atoms with Crippen molar-refractivity contribution in [2.45, 2.75) is 33.0 Å². The van der Waals surface area contributed by atoms with Gasteiger partial charge in [0.2, 0.25) is 5.88 Å². The zero-order valence-corrected chi connectivity index (χ0v) is 14.6. The van der Waals surface area contributed by atoms with E-state index in [-0.39, 0.29) is 18.6 Å². The molecule has 1 unspecified atom stereocenters. The second-order valence-corrected chi connectivity index (χ2v) is 6.15. The molecule has 0 fully saturated rings. The molecule has 0 bridgehead atoms. The number of aromatic nitrogens is 4. The van der Waals surface area contributed by atoms with Crippen molar-refractivity contribution >= 4 is 5.91 Å². The van der Waals surface area contributed by atoms with Gasteiger partial charge in [0.1, 0.15) is 12.4 Å². The van der Waals surface area contributed by atoms with Crippen LogP contribution < -0.4 is 4.74 Å². The fraction of sp³-hybridized carbons (Fsp3) is 0.333. The van der Waals surface area contributed by atoms with Gasteiger partial charge >= 0.3 is 0 Å². The third-order valence-corrected chi connectivity index (χ3v) is 4.60. The van der Waals surface area contributed by atoms with Gasteiger partial charge < -0.3 is 18.6 Å². The van der Waals surface area contributed by atoms with Crippen molar-refractivity contribution < 1.29 is 13.9 Å². The highest BCUT2D eigenvalue weighted by atomic mass is 16.5. The molecule has 0 N–H and O–H groups in total. The number of furan rings is 1. The highest BCUT2D eigenvalue weighted by molar-refractivity contribution is 5.95. The number of hydrogen-bond donors (Lipinski definition) is 0. The lowest BCUT2D eigenvalue weighted by molar-refractivity contribution is 0.0633. The zero-order valence-electron chi connectivity index (χ0n) is 14.6. The van der Waals surface area contributed by atoms with E-state index >= 15 is 0 Å². The molecule has 1 aliphatic rings. The third kappa shape index (κ3) is 2.83. The number of pyridine rings is 1. The highest BCUT2D eigenvalue weighted by Crippen LogP contribution is 2.27. The Morgan fingerprint density at radius 3 is 2.92 bits per heavy atom. The van der Waals surface area contributed by atoms with Crippen LogP contribution in [0.2, 0.25) is 0 Å². The van der Waals surface area contributed by atoms with Crippen molar-refractivity contribution in [3.63, 3.8) is 0 Å². The summed E-state index contributed by atoms with van der Waals surface area (Å²) >= 11 is 0. The maximum absolute atomic E-state index is 12.8. The van der Waals surface area contributed by atoms with Gasteiger partial charge in [-0.3, -0.25) is 4.79 Å². The second kappa shape index (κ2) is 6.62. The number of ether oxygens (including phenoxy) is 1. The van der Waals surface area contributed by atoms with E-state index in [4.69, 9.17) is 9.15 Å². The minimum Gasteiger partial charge on any atom is -0.469 e. The number of hydrogen-bond acceptors (Lipinski definition) is 6. The fourth-order valence-corrected chi connectivity index (χ4v) is 3.16. The Balaban J connectivity index is 1.51. The zero-order chi connectivity index (χ0) is 18.1. The van der Waals surface area contributed by atoms with Gasteiger partial charge in [0.15, 0.2) is 11.6 Å². The van der Waals surface area contributed by atoms with Gasteiger partial charge in [-0.05, 0) is 26.0 Å². The molecule has 8 heteroatoms. The summed E-state index contributed by atoms with van der Waals surface area (Å²) in [5.41, 5.74) is 0.587. The summed E-state index contributed by atoms with van der Waals surface area (Å²) < 4.78 is 12.9. The van der Waals surface area contributed by atoms with E-state index in [1.807, 2.05) is 23.6 Å². The van der Waals surface area contributed by atoms with Gasteiger partial charge in [-0.25, -0.2) is 4.98 Å². The molecule has 1 amide bonds. The third-order valence-electron chi connectivity index (χ3n) is 4.60. The number of carbonyl (C=O) groups is 1. The van der Waals surface area contributed by atoms with Crippen molar-refractivity contribution in [3.05, 3.63) is 59.7 Å². The van der Waals surface area contributed by atoms with Crippen LogP contribution in [0.4, 0.5) is 0 Å². The van der Waals surface area contributed by atoms with Crippen LogP contribution in [0.25, 0.3) is 0 Å². The largest absolute Gasteiger partial charge is 0.469 e. The molecule has 8 nitrogen and oxygen atoms in total. The fourth-order valence-electron chi connectivity index (χ4n) is 3.16. The molecule has 26 heavy (non-hydrogen) atoms. The molecule has 0 saturated heterocycles. The molecule has 3 aromatic rings. The lowest BCUT2D eigenvalue weighted by Crippen LogP contribution is -2.41. The lowest BCUT2D eigenvalue weighted by atomic mass is 10.1.